The third kappa shape index (κ3) is 3.72. The van der Waals surface area contributed by atoms with E-state index < -0.39 is 5.60 Å². The minimum absolute atomic E-state index is 0.250. The second kappa shape index (κ2) is 6.71. The lowest BCUT2D eigenvalue weighted by atomic mass is 9.66. The van der Waals surface area contributed by atoms with Gasteiger partial charge in [-0.25, -0.2) is 0 Å². The van der Waals surface area contributed by atoms with Gasteiger partial charge in [-0.1, -0.05) is 6.07 Å². The average molecular weight is 351 g/mol. The predicted molar refractivity (Wildman–Crippen MR) is 103 cm³/mol. The second-order valence-electron chi connectivity index (χ2n) is 8.99. The number of aliphatic hydroxyl groups is 1. The van der Waals surface area contributed by atoms with Crippen molar-refractivity contribution in [3.8, 4) is 0 Å². The molecule has 1 aliphatic heterocycles. The highest BCUT2D eigenvalue weighted by molar-refractivity contribution is 7.10. The highest BCUT2D eigenvalue weighted by Gasteiger charge is 2.47. The van der Waals surface area contributed by atoms with Crippen LogP contribution in [-0.4, -0.2) is 54.2 Å². The molecule has 0 atom stereocenters. The number of hydrogen-bond donors (Lipinski definition) is 1. The smallest absolute Gasteiger partial charge is 0.0603 e. The molecule has 0 aromatic carbocycles. The van der Waals surface area contributed by atoms with E-state index in [0.717, 1.165) is 13.0 Å². The maximum atomic E-state index is 9.98. The van der Waals surface area contributed by atoms with Crippen molar-refractivity contribution in [1.82, 2.24) is 9.80 Å². The molecule has 1 saturated heterocycles. The van der Waals surface area contributed by atoms with E-state index in [1.807, 2.05) is 25.2 Å². The normalized spacial score (nSPS) is 32.1. The number of likely N-dealkylation sites (tertiary alicyclic amines) is 1. The molecule has 4 heteroatoms. The van der Waals surface area contributed by atoms with Crippen molar-refractivity contribution in [1.29, 1.82) is 0 Å². The molecule has 2 heterocycles. The van der Waals surface area contributed by atoms with Crippen molar-refractivity contribution in [2.75, 3.05) is 33.7 Å². The summed E-state index contributed by atoms with van der Waals surface area (Å²) in [5.41, 5.74) is 0.234. The predicted octanol–water partition coefficient (Wildman–Crippen LogP) is 3.93. The number of thiophene rings is 1. The van der Waals surface area contributed by atoms with Crippen LogP contribution in [0, 0.1) is 5.41 Å². The zero-order valence-electron chi connectivity index (χ0n) is 15.8. The lowest BCUT2D eigenvalue weighted by Crippen LogP contribution is -2.47. The summed E-state index contributed by atoms with van der Waals surface area (Å²) >= 11 is 1.92. The molecule has 1 aliphatic carbocycles. The molecular formula is C20H34N2OS. The van der Waals surface area contributed by atoms with Gasteiger partial charge in [0.2, 0.25) is 0 Å². The Labute approximate surface area is 151 Å². The molecule has 1 spiro atoms. The van der Waals surface area contributed by atoms with Crippen molar-refractivity contribution < 1.29 is 5.11 Å². The third-order valence-electron chi connectivity index (χ3n) is 6.53. The number of rotatable bonds is 5. The van der Waals surface area contributed by atoms with E-state index in [1.165, 1.54) is 45.2 Å². The first-order valence-corrected chi connectivity index (χ1v) is 10.3. The Balaban J connectivity index is 1.62. The summed E-state index contributed by atoms with van der Waals surface area (Å²) < 4.78 is 0. The molecule has 136 valence electrons. The number of hydrogen-bond acceptors (Lipinski definition) is 4. The zero-order chi connectivity index (χ0) is 17.4. The van der Waals surface area contributed by atoms with Crippen LogP contribution < -0.4 is 0 Å². The van der Waals surface area contributed by atoms with Gasteiger partial charge in [0.15, 0.2) is 0 Å². The summed E-state index contributed by atoms with van der Waals surface area (Å²) in [5, 5.41) is 12.2. The molecule has 3 rings (SSSR count). The molecule has 24 heavy (non-hydrogen) atoms. The van der Waals surface area contributed by atoms with E-state index in [2.05, 4.69) is 41.4 Å². The molecule has 1 N–H and O–H groups in total. The minimum atomic E-state index is -0.540. The fourth-order valence-corrected chi connectivity index (χ4v) is 5.78. The summed E-state index contributed by atoms with van der Waals surface area (Å²) in [5.74, 6) is 0. The van der Waals surface area contributed by atoms with Crippen molar-refractivity contribution >= 4 is 11.3 Å². The Morgan fingerprint density at radius 2 is 1.92 bits per heavy atom. The Hall–Kier alpha value is -0.420. The van der Waals surface area contributed by atoms with Crippen molar-refractivity contribution in [3.63, 3.8) is 0 Å². The Morgan fingerprint density at radius 3 is 2.46 bits per heavy atom. The lowest BCUT2D eigenvalue weighted by molar-refractivity contribution is 0.0358. The van der Waals surface area contributed by atoms with E-state index >= 15 is 0 Å². The Morgan fingerprint density at radius 1 is 1.21 bits per heavy atom. The van der Waals surface area contributed by atoms with Gasteiger partial charge in [-0.2, -0.15) is 0 Å². The Kier molecular flexibility index (Phi) is 5.14. The minimum Gasteiger partial charge on any atom is -0.390 e. The second-order valence-corrected chi connectivity index (χ2v) is 9.94. The fourth-order valence-electron chi connectivity index (χ4n) is 4.71. The zero-order valence-corrected chi connectivity index (χ0v) is 16.7. The first kappa shape index (κ1) is 18.4. The van der Waals surface area contributed by atoms with Crippen LogP contribution in [-0.2, 0) is 5.54 Å². The van der Waals surface area contributed by atoms with Gasteiger partial charge in [0, 0.05) is 18.0 Å². The van der Waals surface area contributed by atoms with Gasteiger partial charge in [-0.05, 0) is 89.9 Å². The molecule has 1 aromatic heterocycles. The van der Waals surface area contributed by atoms with Gasteiger partial charge in [-0.15, -0.1) is 11.3 Å². The maximum absolute atomic E-state index is 9.98. The largest absolute Gasteiger partial charge is 0.390 e. The topological polar surface area (TPSA) is 26.7 Å². The summed E-state index contributed by atoms with van der Waals surface area (Å²) in [6, 6.07) is 4.52. The van der Waals surface area contributed by atoms with E-state index in [-0.39, 0.29) is 5.54 Å². The third-order valence-corrected chi connectivity index (χ3v) is 7.59. The maximum Gasteiger partial charge on any atom is 0.0603 e. The monoisotopic (exact) mass is 350 g/mol. The van der Waals surface area contributed by atoms with Crippen LogP contribution in [0.1, 0.15) is 57.2 Å². The molecule has 3 nitrogen and oxygen atoms in total. The summed E-state index contributed by atoms with van der Waals surface area (Å²) in [4.78, 5) is 6.59. The van der Waals surface area contributed by atoms with Crippen LogP contribution in [0.3, 0.4) is 0 Å². The van der Waals surface area contributed by atoms with Crippen molar-refractivity contribution in [3.05, 3.63) is 22.4 Å². The molecule has 2 aliphatic rings. The van der Waals surface area contributed by atoms with Crippen LogP contribution in [0.15, 0.2) is 17.5 Å². The highest BCUT2D eigenvalue weighted by atomic mass is 32.1. The van der Waals surface area contributed by atoms with E-state index in [9.17, 15) is 5.11 Å². The van der Waals surface area contributed by atoms with Crippen LogP contribution >= 0.6 is 11.3 Å². The molecule has 1 aromatic rings. The molecule has 1 saturated carbocycles. The molecule has 2 fully saturated rings. The lowest BCUT2D eigenvalue weighted by Gasteiger charge is -2.48. The van der Waals surface area contributed by atoms with E-state index in [4.69, 9.17) is 0 Å². The highest BCUT2D eigenvalue weighted by Crippen LogP contribution is 2.52. The Bertz CT molecular complexity index is 524. The SMILES string of the molecule is CN(C)C1(c2cccs2)CCC2(CCN(CCC(C)(C)O)C2)CC1. The molecule has 0 amide bonds. The van der Waals surface area contributed by atoms with Crippen molar-refractivity contribution in [2.45, 2.75) is 63.5 Å². The van der Waals surface area contributed by atoms with Gasteiger partial charge in [0.1, 0.15) is 0 Å². The molecule has 0 unspecified atom stereocenters. The first-order valence-electron chi connectivity index (χ1n) is 9.41. The van der Waals surface area contributed by atoms with Crippen LogP contribution in [0.4, 0.5) is 0 Å². The number of nitrogens with zero attached hydrogens (tertiary/aromatic N) is 2. The fraction of sp³-hybridized carbons (Fsp3) is 0.800. The van der Waals surface area contributed by atoms with Crippen LogP contribution in [0.2, 0.25) is 0 Å². The van der Waals surface area contributed by atoms with Gasteiger partial charge in [0.05, 0.1) is 11.1 Å². The van der Waals surface area contributed by atoms with E-state index in [0.29, 0.717) is 5.41 Å². The molecular weight excluding hydrogens is 316 g/mol. The summed E-state index contributed by atoms with van der Waals surface area (Å²) in [6.45, 7) is 7.33. The summed E-state index contributed by atoms with van der Waals surface area (Å²) in [7, 11) is 4.50. The van der Waals surface area contributed by atoms with Crippen LogP contribution in [0.5, 0.6) is 0 Å². The van der Waals surface area contributed by atoms with Gasteiger partial charge >= 0.3 is 0 Å². The quantitative estimate of drug-likeness (QED) is 0.871. The van der Waals surface area contributed by atoms with E-state index in [1.54, 1.807) is 4.88 Å². The summed E-state index contributed by atoms with van der Waals surface area (Å²) in [6.07, 6.45) is 7.44. The van der Waals surface area contributed by atoms with Crippen molar-refractivity contribution in [2.24, 2.45) is 5.41 Å². The average Bonchev–Trinajstić information content (AvgIpc) is 3.16. The first-order chi connectivity index (χ1) is 11.2. The van der Waals surface area contributed by atoms with Gasteiger partial charge in [-0.3, -0.25) is 4.90 Å². The van der Waals surface area contributed by atoms with Gasteiger partial charge < -0.3 is 10.0 Å². The molecule has 0 bridgehead atoms. The van der Waals surface area contributed by atoms with Crippen LogP contribution in [0.25, 0.3) is 0 Å². The van der Waals surface area contributed by atoms with Gasteiger partial charge in [0.25, 0.3) is 0 Å². The standard InChI is InChI=1S/C20H34N2OS/c1-18(2,23)11-13-22-14-12-19(16-22)7-9-20(10-8-19,21(3)4)17-6-5-15-24-17/h5-6,15,23H,7-14,16H2,1-4H3. The molecule has 0 radical (unpaired) electrons.